The van der Waals surface area contributed by atoms with E-state index in [1.165, 1.54) is 6.92 Å². The van der Waals surface area contributed by atoms with Crippen LogP contribution in [-0.4, -0.2) is 50.3 Å². The number of nitrogens with zero attached hydrogens (tertiary/aromatic N) is 2. The van der Waals surface area contributed by atoms with Crippen LogP contribution >= 0.6 is 12.6 Å². The monoisotopic (exact) mass is 333 g/mol. The molecule has 1 unspecified atom stereocenters. The highest BCUT2D eigenvalue weighted by molar-refractivity contribution is 7.80. The van der Waals surface area contributed by atoms with Crippen LogP contribution in [0.1, 0.15) is 31.1 Å². The average Bonchev–Trinajstić information content (AvgIpc) is 2.91. The van der Waals surface area contributed by atoms with Gasteiger partial charge in [0.25, 0.3) is 0 Å². The van der Waals surface area contributed by atoms with Crippen LogP contribution in [0.25, 0.3) is 0 Å². The van der Waals surface area contributed by atoms with Crippen molar-refractivity contribution in [3.05, 3.63) is 11.7 Å². The number of nitrogens with two attached hydrogens (primary N) is 1. The summed E-state index contributed by atoms with van der Waals surface area (Å²) >= 11 is 4.05. The number of nitrogens with one attached hydrogen (secondary N) is 2. The zero-order valence-electron chi connectivity index (χ0n) is 11.9. The van der Waals surface area contributed by atoms with Crippen molar-refractivity contribution in [2.45, 2.75) is 38.1 Å². The Labute approximate surface area is 131 Å². The van der Waals surface area contributed by atoms with E-state index in [1.807, 2.05) is 0 Å². The molecule has 6 N–H and O–H groups in total. The molecule has 2 amide bonds. The molecule has 0 saturated heterocycles. The summed E-state index contributed by atoms with van der Waals surface area (Å²) in [7, 11) is 0. The molecule has 0 aliphatic rings. The third kappa shape index (κ3) is 5.50. The molecule has 0 aromatic carbocycles. The minimum Gasteiger partial charge on any atom is -0.480 e. The highest BCUT2D eigenvalue weighted by atomic mass is 32.1. The number of hydrogen-bond acceptors (Lipinski definition) is 8. The second-order valence-electron chi connectivity index (χ2n) is 4.55. The standard InChI is InChI=1S/C11H19N5O5S/c1-5(17)8(10(18)19)15-11(20)13-4-7-14-9(16-21-7)6(12)2-3-22/h5-6,8,17,22H,2-4,12H2,1H3,(H,18,19)(H2,13,15,20)/t5?,6-,8-/m0/s1. The fourth-order valence-corrected chi connectivity index (χ4v) is 1.77. The van der Waals surface area contributed by atoms with E-state index < -0.39 is 30.2 Å². The van der Waals surface area contributed by atoms with Crippen molar-refractivity contribution in [2.24, 2.45) is 5.73 Å². The molecule has 124 valence electrons. The minimum atomic E-state index is -1.41. The van der Waals surface area contributed by atoms with Crippen molar-refractivity contribution in [3.8, 4) is 0 Å². The molecule has 0 fully saturated rings. The van der Waals surface area contributed by atoms with Crippen LogP contribution in [0.4, 0.5) is 4.79 Å². The van der Waals surface area contributed by atoms with Crippen LogP contribution in [0.15, 0.2) is 4.52 Å². The van der Waals surface area contributed by atoms with Crippen LogP contribution in [0.5, 0.6) is 0 Å². The topological polar surface area (TPSA) is 164 Å². The summed E-state index contributed by atoms with van der Waals surface area (Å²) < 4.78 is 4.91. The summed E-state index contributed by atoms with van der Waals surface area (Å²) in [6.07, 6.45) is -0.664. The second-order valence-corrected chi connectivity index (χ2v) is 5.00. The molecule has 1 heterocycles. The van der Waals surface area contributed by atoms with Crippen molar-refractivity contribution in [3.63, 3.8) is 0 Å². The van der Waals surface area contributed by atoms with Gasteiger partial charge in [-0.05, 0) is 19.1 Å². The van der Waals surface area contributed by atoms with Crippen LogP contribution in [0.3, 0.4) is 0 Å². The first-order chi connectivity index (χ1) is 10.3. The van der Waals surface area contributed by atoms with Crippen LogP contribution in [-0.2, 0) is 11.3 Å². The number of urea groups is 1. The summed E-state index contributed by atoms with van der Waals surface area (Å²) in [5.41, 5.74) is 5.78. The lowest BCUT2D eigenvalue weighted by Crippen LogP contribution is -2.51. The second kappa shape index (κ2) is 8.56. The molecule has 1 rings (SSSR count). The van der Waals surface area contributed by atoms with E-state index in [0.717, 1.165) is 0 Å². The number of carboxylic acid groups (broad SMARTS) is 1. The zero-order chi connectivity index (χ0) is 16.7. The molecule has 0 bridgehead atoms. The Morgan fingerprint density at radius 2 is 2.18 bits per heavy atom. The number of carboxylic acids is 1. The smallest absolute Gasteiger partial charge is 0.328 e. The van der Waals surface area contributed by atoms with E-state index >= 15 is 0 Å². The molecule has 1 aromatic rings. The van der Waals surface area contributed by atoms with Gasteiger partial charge < -0.3 is 31.1 Å². The molecule has 0 saturated carbocycles. The number of aliphatic hydroxyl groups is 1. The van der Waals surface area contributed by atoms with Gasteiger partial charge in [0.2, 0.25) is 5.89 Å². The van der Waals surface area contributed by atoms with E-state index in [4.69, 9.17) is 15.4 Å². The predicted molar refractivity (Wildman–Crippen MR) is 78.2 cm³/mol. The van der Waals surface area contributed by atoms with Crippen LogP contribution < -0.4 is 16.4 Å². The Morgan fingerprint density at radius 1 is 1.50 bits per heavy atom. The van der Waals surface area contributed by atoms with Crippen molar-refractivity contribution >= 4 is 24.6 Å². The molecule has 22 heavy (non-hydrogen) atoms. The van der Waals surface area contributed by atoms with E-state index in [2.05, 4.69) is 33.4 Å². The van der Waals surface area contributed by atoms with Crippen molar-refractivity contribution in [1.29, 1.82) is 0 Å². The summed E-state index contributed by atoms with van der Waals surface area (Å²) in [6.45, 7) is 1.16. The Morgan fingerprint density at radius 3 is 2.73 bits per heavy atom. The molecular formula is C11H19N5O5S. The zero-order valence-corrected chi connectivity index (χ0v) is 12.8. The number of thiol groups is 1. The molecular weight excluding hydrogens is 314 g/mol. The van der Waals surface area contributed by atoms with Gasteiger partial charge in [-0.3, -0.25) is 0 Å². The van der Waals surface area contributed by atoms with Gasteiger partial charge in [0.05, 0.1) is 18.7 Å². The minimum absolute atomic E-state index is 0.0986. The van der Waals surface area contributed by atoms with Gasteiger partial charge in [0.15, 0.2) is 11.9 Å². The van der Waals surface area contributed by atoms with E-state index in [9.17, 15) is 14.7 Å². The van der Waals surface area contributed by atoms with Crippen molar-refractivity contribution < 1.29 is 24.3 Å². The van der Waals surface area contributed by atoms with Gasteiger partial charge in [-0.25, -0.2) is 9.59 Å². The molecule has 1 aromatic heterocycles. The lowest BCUT2D eigenvalue weighted by molar-refractivity contribution is -0.141. The van der Waals surface area contributed by atoms with Gasteiger partial charge >= 0.3 is 12.0 Å². The van der Waals surface area contributed by atoms with Crippen LogP contribution in [0.2, 0.25) is 0 Å². The lowest BCUT2D eigenvalue weighted by Gasteiger charge is -2.16. The number of hydrogen-bond donors (Lipinski definition) is 6. The van der Waals surface area contributed by atoms with Gasteiger partial charge in [0.1, 0.15) is 0 Å². The van der Waals surface area contributed by atoms with Gasteiger partial charge in [-0.15, -0.1) is 0 Å². The van der Waals surface area contributed by atoms with Crippen molar-refractivity contribution in [1.82, 2.24) is 20.8 Å². The summed E-state index contributed by atoms with van der Waals surface area (Å²) in [6, 6.07) is -2.61. The number of aromatic nitrogens is 2. The highest BCUT2D eigenvalue weighted by Crippen LogP contribution is 2.10. The number of rotatable bonds is 8. The third-order valence-corrected chi connectivity index (χ3v) is 2.95. The maximum absolute atomic E-state index is 11.6. The largest absolute Gasteiger partial charge is 0.480 e. The number of aliphatic hydroxyl groups excluding tert-OH is 1. The Balaban J connectivity index is 2.49. The fraction of sp³-hybridized carbons (Fsp3) is 0.636. The molecule has 0 aliphatic heterocycles. The third-order valence-electron chi connectivity index (χ3n) is 2.69. The lowest BCUT2D eigenvalue weighted by atomic mass is 10.2. The first kappa shape index (κ1) is 18.2. The predicted octanol–water partition coefficient (Wildman–Crippen LogP) is -0.977. The quantitative estimate of drug-likeness (QED) is 0.331. The molecule has 10 nitrogen and oxygen atoms in total. The SMILES string of the molecule is CC(O)[C@H](NC(=O)NCc1nc([C@@H](N)CCS)no1)C(=O)O. The van der Waals surface area contributed by atoms with E-state index in [1.54, 1.807) is 0 Å². The normalized spacial score (nSPS) is 14.9. The van der Waals surface area contributed by atoms with E-state index in [0.29, 0.717) is 18.0 Å². The fourth-order valence-electron chi connectivity index (χ4n) is 1.50. The molecule has 3 atom stereocenters. The molecule has 11 heteroatoms. The van der Waals surface area contributed by atoms with Crippen LogP contribution in [0, 0.1) is 0 Å². The number of carbonyl (C=O) groups excluding carboxylic acids is 1. The summed E-state index contributed by atoms with van der Waals surface area (Å²) in [4.78, 5) is 26.4. The Hall–Kier alpha value is -1.85. The highest BCUT2D eigenvalue weighted by Gasteiger charge is 2.25. The Kier molecular flexibility index (Phi) is 7.08. The summed E-state index contributed by atoms with van der Waals surface area (Å²) in [5.74, 6) is -0.341. The van der Waals surface area contributed by atoms with Gasteiger partial charge in [-0.1, -0.05) is 5.16 Å². The molecule has 0 aliphatic carbocycles. The number of amides is 2. The molecule has 0 spiro atoms. The average molecular weight is 333 g/mol. The maximum Gasteiger partial charge on any atom is 0.328 e. The Bertz CT molecular complexity index is 509. The number of carbonyl (C=O) groups is 2. The van der Waals surface area contributed by atoms with Crippen molar-refractivity contribution in [2.75, 3.05) is 5.75 Å². The first-order valence-electron chi connectivity index (χ1n) is 6.49. The van der Waals surface area contributed by atoms with Gasteiger partial charge in [-0.2, -0.15) is 17.6 Å². The van der Waals surface area contributed by atoms with Gasteiger partial charge in [0, 0.05) is 0 Å². The first-order valence-corrected chi connectivity index (χ1v) is 7.12. The van der Waals surface area contributed by atoms with E-state index in [-0.39, 0.29) is 12.4 Å². The number of aliphatic carboxylic acids is 1. The maximum atomic E-state index is 11.6. The summed E-state index contributed by atoms with van der Waals surface area (Å²) in [5, 5.41) is 26.2. The molecule has 0 radical (unpaired) electrons.